The van der Waals surface area contributed by atoms with Crippen LogP contribution in [0.3, 0.4) is 0 Å². The lowest BCUT2D eigenvalue weighted by atomic mass is 9.94. The second-order valence-corrected chi connectivity index (χ2v) is 35.0. The maximum absolute atomic E-state index is 14.6. The molecule has 0 saturated heterocycles. The molecule has 2 aromatic rings. The molecular formula is C83H145N21O14S2. The first-order valence-electron chi connectivity index (χ1n) is 42.0. The smallest absolute Gasteiger partial charge is 0.255 e. The normalized spacial score (nSPS) is 12.5. The van der Waals surface area contributed by atoms with Gasteiger partial charge in [-0.25, -0.2) is 9.97 Å². The highest BCUT2D eigenvalue weighted by molar-refractivity contribution is 8.76. The van der Waals surface area contributed by atoms with Crippen LogP contribution in [0.2, 0.25) is 0 Å². The Labute approximate surface area is 721 Å². The number of rotatable bonds is 68. The number of nitrogens with zero attached hydrogens (tertiary/aromatic N) is 12. The van der Waals surface area contributed by atoms with E-state index < -0.39 is 35.7 Å². The van der Waals surface area contributed by atoms with E-state index in [0.717, 1.165) is 6.42 Å². The van der Waals surface area contributed by atoms with Gasteiger partial charge in [-0.3, -0.25) is 67.1 Å². The van der Waals surface area contributed by atoms with Crippen LogP contribution in [-0.4, -0.2) is 390 Å². The first-order valence-corrected chi connectivity index (χ1v) is 44.1. The first-order chi connectivity index (χ1) is 56.9. The molecule has 2 aromatic heterocycles. The average Bonchev–Trinajstić information content (AvgIpc) is 0.854. The number of unbranched alkanes of at least 4 members (excludes halogenated alkanes) is 5. The third-order valence-electron chi connectivity index (χ3n) is 18.4. The topological polar surface area (TPSA) is 405 Å². The highest BCUT2D eigenvalue weighted by Crippen LogP contribution is 2.35. The molecule has 35 nitrogen and oxygen atoms in total. The Hall–Kier alpha value is -8.14. The van der Waals surface area contributed by atoms with E-state index >= 15 is 0 Å². The van der Waals surface area contributed by atoms with Crippen molar-refractivity contribution in [3.05, 3.63) is 47.8 Å². The van der Waals surface area contributed by atoms with Crippen LogP contribution in [0.5, 0.6) is 0 Å². The molecule has 37 heteroatoms. The Bertz CT molecular complexity index is 3050. The minimum Gasteiger partial charge on any atom is -0.356 e. The molecule has 11 amide bonds. The van der Waals surface area contributed by atoms with Crippen LogP contribution in [0.1, 0.15) is 149 Å². The van der Waals surface area contributed by atoms with Crippen LogP contribution < -0.4 is 47.9 Å². The quantitative estimate of drug-likeness (QED) is 0.0332. The minimum absolute atomic E-state index is 0.0451. The van der Waals surface area contributed by atoms with Crippen LogP contribution in [0.4, 0.5) is 0 Å². The molecule has 0 radical (unpaired) electrons. The minimum atomic E-state index is -0.859. The molecule has 0 aliphatic carbocycles. The van der Waals surface area contributed by atoms with Gasteiger partial charge in [-0.1, -0.05) is 19.3 Å². The van der Waals surface area contributed by atoms with E-state index in [0.29, 0.717) is 145 Å². The van der Waals surface area contributed by atoms with Crippen LogP contribution in [0, 0.1) is 11.8 Å². The van der Waals surface area contributed by atoms with E-state index in [1.165, 1.54) is 34.0 Å². The van der Waals surface area contributed by atoms with Crippen molar-refractivity contribution in [1.29, 1.82) is 0 Å². The number of ketones is 3. The number of carbonyl (C=O) groups is 14. The Morgan fingerprint density at radius 1 is 0.300 bits per heavy atom. The van der Waals surface area contributed by atoms with Crippen LogP contribution >= 0.6 is 21.6 Å². The first kappa shape index (κ1) is 108. The molecule has 0 fully saturated rings. The molecular weight excluding hydrogens is 1580 g/mol. The molecule has 0 aromatic carbocycles. The fourth-order valence-electron chi connectivity index (χ4n) is 12.8. The second-order valence-electron chi connectivity index (χ2n) is 32.8. The van der Waals surface area contributed by atoms with Crippen molar-refractivity contribution in [2.75, 3.05) is 237 Å². The lowest BCUT2D eigenvalue weighted by molar-refractivity contribution is -0.130. The van der Waals surface area contributed by atoms with Gasteiger partial charge in [-0.15, -0.1) is 0 Å². The maximum Gasteiger partial charge on any atom is 0.255 e. The number of hydrogen-bond acceptors (Lipinski definition) is 26. The molecule has 9 N–H and O–H groups in total. The molecule has 678 valence electrons. The van der Waals surface area contributed by atoms with Gasteiger partial charge < -0.3 is 96.9 Å². The Balaban J connectivity index is 2.42. The SMILES string of the molecule is CN(C)CC(=O)CCCCC[C@H](CC(=O)CN(C)C)C(=O)NCCCN(CCCNC(=O)[C@H](CCCCNC(=O)CN(C)C)CC(=O)CN(C)C)C(=O)c1ccc(SSc2ccc(C(=O)N(CCCNC(=O)[C@H](CCCCNC(=O)CN(C)C)NC(=O)CN(C)C)CCCNC(=O)[C@H](CCCCNC(=O)CN(C)C)NC(=O)CN(C)C)cn2)nc1. The highest BCUT2D eigenvalue weighted by atomic mass is 33.1. The summed E-state index contributed by atoms with van der Waals surface area (Å²) in [7, 11) is 31.2. The van der Waals surface area contributed by atoms with Gasteiger partial charge in [0.15, 0.2) is 0 Å². The van der Waals surface area contributed by atoms with Crippen LogP contribution in [0.25, 0.3) is 0 Å². The Morgan fingerprint density at radius 3 is 0.892 bits per heavy atom. The summed E-state index contributed by atoms with van der Waals surface area (Å²) in [5.74, 6) is -4.26. The van der Waals surface area contributed by atoms with E-state index in [1.54, 1.807) is 153 Å². The molecule has 4 atom stereocenters. The van der Waals surface area contributed by atoms with Crippen molar-refractivity contribution in [1.82, 2.24) is 107 Å². The molecule has 120 heavy (non-hydrogen) atoms. The van der Waals surface area contributed by atoms with E-state index in [9.17, 15) is 67.1 Å². The number of nitrogens with one attached hydrogen (secondary N) is 9. The van der Waals surface area contributed by atoms with Gasteiger partial charge in [0.25, 0.3) is 11.8 Å². The molecule has 0 saturated carbocycles. The molecule has 0 aliphatic rings. The summed E-state index contributed by atoms with van der Waals surface area (Å²) in [6, 6.07) is 5.00. The highest BCUT2D eigenvalue weighted by Gasteiger charge is 2.28. The number of pyridine rings is 2. The molecule has 2 heterocycles. The predicted molar refractivity (Wildman–Crippen MR) is 470 cm³/mol. The molecule has 2 rings (SSSR count). The predicted octanol–water partition coefficient (Wildman–Crippen LogP) is 1.18. The van der Waals surface area contributed by atoms with Crippen molar-refractivity contribution in [3.63, 3.8) is 0 Å². The summed E-state index contributed by atoms with van der Waals surface area (Å²) in [5.41, 5.74) is 0.550. The lowest BCUT2D eigenvalue weighted by Crippen LogP contribution is -2.49. The summed E-state index contributed by atoms with van der Waals surface area (Å²) >= 11 is 0. The fourth-order valence-corrected chi connectivity index (χ4v) is 14.5. The number of Topliss-reactive ketones (excluding diaryl/α,β-unsaturated/α-hetero) is 3. The van der Waals surface area contributed by atoms with Gasteiger partial charge in [0.2, 0.25) is 53.2 Å². The third kappa shape index (κ3) is 52.9. The van der Waals surface area contributed by atoms with Crippen molar-refractivity contribution >= 4 is 104 Å². The number of aromatic nitrogens is 2. The fraction of sp³-hybridized carbons (Fsp3) is 0.711. The number of amides is 11. The summed E-state index contributed by atoms with van der Waals surface area (Å²) in [6.07, 6.45) is 11.9. The van der Waals surface area contributed by atoms with Crippen molar-refractivity contribution in [3.8, 4) is 0 Å². The van der Waals surface area contributed by atoms with Crippen molar-refractivity contribution in [2.45, 2.75) is 151 Å². The lowest BCUT2D eigenvalue weighted by Gasteiger charge is -2.24. The largest absolute Gasteiger partial charge is 0.356 e. The van der Waals surface area contributed by atoms with Gasteiger partial charge in [-0.05, 0) is 249 Å². The van der Waals surface area contributed by atoms with E-state index in [1.807, 2.05) is 33.1 Å². The Morgan fingerprint density at radius 2 is 0.583 bits per heavy atom. The molecule has 0 spiro atoms. The summed E-state index contributed by atoms with van der Waals surface area (Å²) < 4.78 is 0. The Kier molecular flexibility index (Phi) is 56.6. The molecule has 0 aliphatic heterocycles. The van der Waals surface area contributed by atoms with E-state index in [-0.39, 0.29) is 193 Å². The van der Waals surface area contributed by atoms with Gasteiger partial charge in [0.05, 0.1) is 63.5 Å². The number of carbonyl (C=O) groups excluding carboxylic acids is 14. The van der Waals surface area contributed by atoms with E-state index in [4.69, 9.17) is 0 Å². The van der Waals surface area contributed by atoms with Gasteiger partial charge in [-0.2, -0.15) is 0 Å². The maximum atomic E-state index is 14.6. The zero-order chi connectivity index (χ0) is 89.5. The van der Waals surface area contributed by atoms with Gasteiger partial charge in [0.1, 0.15) is 39.5 Å². The van der Waals surface area contributed by atoms with Crippen molar-refractivity contribution < 1.29 is 67.1 Å². The van der Waals surface area contributed by atoms with Crippen LogP contribution in [-0.2, 0) is 57.5 Å². The number of likely N-dealkylation sites (N-methyl/N-ethyl adjacent to an activating group) is 8. The van der Waals surface area contributed by atoms with Gasteiger partial charge in [0, 0.05) is 115 Å². The summed E-state index contributed by atoms with van der Waals surface area (Å²) in [5, 5.41) is 27.3. The average molecular weight is 1730 g/mol. The molecule has 0 bridgehead atoms. The molecule has 0 unspecified atom stereocenters. The van der Waals surface area contributed by atoms with Crippen LogP contribution in [0.15, 0.2) is 46.7 Å². The third-order valence-corrected chi connectivity index (χ3v) is 20.6. The zero-order valence-electron chi connectivity index (χ0n) is 74.7. The summed E-state index contributed by atoms with van der Waals surface area (Å²) in [6.45, 7) is 4.28. The van der Waals surface area contributed by atoms with E-state index in [2.05, 4.69) is 57.8 Å². The van der Waals surface area contributed by atoms with Gasteiger partial charge >= 0.3 is 0 Å². The van der Waals surface area contributed by atoms with Crippen molar-refractivity contribution in [2.24, 2.45) is 11.8 Å². The zero-order valence-corrected chi connectivity index (χ0v) is 76.4. The number of hydrogen-bond donors (Lipinski definition) is 9. The monoisotopic (exact) mass is 1720 g/mol. The second kappa shape index (κ2) is 62.9. The summed E-state index contributed by atoms with van der Waals surface area (Å²) in [4.78, 5) is 212. The standard InChI is InChI=1S/C83H145N21O14S2/c1-95(2)54-66(105)32-19-17-18-30-62(50-67(106)55-96(3)4)78(113)87-42-26-46-103(47-27-43-88-79(114)63(51-68(107)56-97(5)6)31-20-23-39-84-71(108)57-98(7)8)82(117)64-35-37-76(91-52-64)119-120-77-38-36-65(53-92-77)83(118)104(48-28-44-89-80(115)69(93-74(111)60-101(13)14)33-21-24-40-85-72(109)58-99(9)10)49-29-45-90-81(116)70(94-75(112)61-102(15)16)34-22-25-41-86-73(110)59-100(11)12/h35-38,52-53,62-63,69-70H,17-34,39-51,54-61H2,1-16H3,(H,84,108)(H,85,109)(H,86,110)(H,87,113)(H,88,114)(H,89,115)(H,90,116)(H,93,111)(H,94,112)/t62-,63-,69+,70+/m1/s1.